The minimum absolute atomic E-state index is 0. The summed E-state index contributed by atoms with van der Waals surface area (Å²) in [4.78, 5) is 14.2. The van der Waals surface area contributed by atoms with E-state index in [2.05, 4.69) is 28.0 Å². The summed E-state index contributed by atoms with van der Waals surface area (Å²) in [6.45, 7) is 4.17. The van der Waals surface area contributed by atoms with Gasteiger partial charge in [-0.2, -0.15) is 0 Å². The number of benzene rings is 1. The van der Waals surface area contributed by atoms with Crippen molar-refractivity contribution in [3.63, 3.8) is 0 Å². The van der Waals surface area contributed by atoms with Crippen LogP contribution in [0, 0.1) is 0 Å². The first-order valence-corrected chi connectivity index (χ1v) is 9.92. The molecule has 0 spiro atoms. The minimum Gasteiger partial charge on any atom is -0.497 e. The van der Waals surface area contributed by atoms with Crippen LogP contribution in [0.3, 0.4) is 0 Å². The number of halogens is 2. The molecule has 2 aromatic rings. The first-order chi connectivity index (χ1) is 13.7. The van der Waals surface area contributed by atoms with Crippen LogP contribution in [0.2, 0.25) is 0 Å². The Hall–Kier alpha value is -1.80. The van der Waals surface area contributed by atoms with Gasteiger partial charge in [-0.1, -0.05) is 6.07 Å². The molecule has 1 aromatic carbocycles. The number of piperazine rings is 1. The molecule has 1 aliphatic carbocycles. The quantitative estimate of drug-likeness (QED) is 0.716. The van der Waals surface area contributed by atoms with Crippen LogP contribution in [0.15, 0.2) is 30.3 Å². The van der Waals surface area contributed by atoms with Crippen molar-refractivity contribution in [1.82, 2.24) is 9.97 Å². The van der Waals surface area contributed by atoms with Crippen LogP contribution in [0.5, 0.6) is 5.75 Å². The van der Waals surface area contributed by atoms with Crippen molar-refractivity contribution in [2.45, 2.75) is 31.4 Å². The fourth-order valence-corrected chi connectivity index (χ4v) is 3.97. The van der Waals surface area contributed by atoms with E-state index in [0.29, 0.717) is 18.6 Å². The van der Waals surface area contributed by atoms with Crippen molar-refractivity contribution in [1.29, 1.82) is 0 Å². The number of nitrogens with zero attached hydrogens (tertiary/aromatic N) is 4. The van der Waals surface area contributed by atoms with Crippen molar-refractivity contribution in [2.24, 2.45) is 5.73 Å². The molecule has 0 bridgehead atoms. The van der Waals surface area contributed by atoms with E-state index in [0.717, 1.165) is 62.1 Å². The summed E-state index contributed by atoms with van der Waals surface area (Å²) >= 11 is 0. The van der Waals surface area contributed by atoms with Crippen molar-refractivity contribution in [3.8, 4) is 5.75 Å². The normalized spacial score (nSPS) is 20.6. The van der Waals surface area contributed by atoms with Gasteiger partial charge in [0.25, 0.3) is 0 Å². The molecule has 166 valence electrons. The molecule has 2 N–H and O–H groups in total. The van der Waals surface area contributed by atoms with E-state index in [1.54, 1.807) is 14.2 Å². The molecule has 1 aromatic heterocycles. The summed E-state index contributed by atoms with van der Waals surface area (Å²) in [5.74, 6) is 3.10. The highest BCUT2D eigenvalue weighted by atomic mass is 35.5. The molecule has 2 fully saturated rings. The third kappa shape index (κ3) is 5.46. The summed E-state index contributed by atoms with van der Waals surface area (Å²) in [5.41, 5.74) is 8.29. The standard InChI is InChI=1S/C21H29N5O2.2ClH/c1-27-14-20-23-19(15-10-16(22)11-15)13-21(24-20)26-8-6-25(7-9-26)17-4-3-5-18(12-17)28-2;;/h3-5,12-13,15-16H,6-11,14,22H2,1-2H3;2*1H. The van der Waals surface area contributed by atoms with E-state index in [9.17, 15) is 0 Å². The van der Waals surface area contributed by atoms with Gasteiger partial charge in [0.05, 0.1) is 7.11 Å². The Bertz CT molecular complexity index is 812. The third-order valence-electron chi connectivity index (χ3n) is 5.67. The first-order valence-electron chi connectivity index (χ1n) is 9.92. The number of methoxy groups -OCH3 is 2. The molecule has 7 nitrogen and oxygen atoms in total. The molecule has 1 aliphatic heterocycles. The lowest BCUT2D eigenvalue weighted by molar-refractivity contribution is 0.177. The Kier molecular flexibility index (Phi) is 8.97. The average molecular weight is 456 g/mol. The SMILES string of the molecule is COCc1nc(C2CC(N)C2)cc(N2CCN(c3cccc(OC)c3)CC2)n1.Cl.Cl. The first kappa shape index (κ1) is 24.5. The summed E-state index contributed by atoms with van der Waals surface area (Å²) < 4.78 is 10.6. The summed E-state index contributed by atoms with van der Waals surface area (Å²) in [7, 11) is 3.39. The second-order valence-corrected chi connectivity index (χ2v) is 7.60. The van der Waals surface area contributed by atoms with Crippen LogP contribution in [0.4, 0.5) is 11.5 Å². The lowest BCUT2D eigenvalue weighted by Gasteiger charge is -2.37. The molecule has 4 rings (SSSR count). The molecular weight excluding hydrogens is 425 g/mol. The summed E-state index contributed by atoms with van der Waals surface area (Å²) in [6.07, 6.45) is 2.01. The van der Waals surface area contributed by atoms with Crippen LogP contribution in [-0.4, -0.2) is 56.4 Å². The second kappa shape index (κ2) is 11.0. The summed E-state index contributed by atoms with van der Waals surface area (Å²) in [5, 5.41) is 0. The maximum Gasteiger partial charge on any atom is 0.156 e. The number of hydrogen-bond donors (Lipinski definition) is 1. The van der Waals surface area contributed by atoms with E-state index < -0.39 is 0 Å². The zero-order valence-corrected chi connectivity index (χ0v) is 19.1. The van der Waals surface area contributed by atoms with Gasteiger partial charge in [0.1, 0.15) is 18.2 Å². The molecule has 0 radical (unpaired) electrons. The number of anilines is 2. The Morgan fingerprint density at radius 2 is 1.70 bits per heavy atom. The topological polar surface area (TPSA) is 76.7 Å². The van der Waals surface area contributed by atoms with Crippen molar-refractivity contribution < 1.29 is 9.47 Å². The predicted octanol–water partition coefficient (Wildman–Crippen LogP) is 3.01. The number of ether oxygens (including phenoxy) is 2. The molecule has 0 unspecified atom stereocenters. The predicted molar refractivity (Wildman–Crippen MR) is 125 cm³/mol. The smallest absolute Gasteiger partial charge is 0.156 e. The highest BCUT2D eigenvalue weighted by molar-refractivity contribution is 5.85. The number of rotatable bonds is 6. The fourth-order valence-electron chi connectivity index (χ4n) is 3.97. The van der Waals surface area contributed by atoms with Gasteiger partial charge >= 0.3 is 0 Å². The molecule has 2 aliphatic rings. The molecule has 0 atom stereocenters. The van der Waals surface area contributed by atoms with Crippen molar-refractivity contribution in [2.75, 3.05) is 50.2 Å². The van der Waals surface area contributed by atoms with Crippen LogP contribution in [0.25, 0.3) is 0 Å². The molecule has 0 amide bonds. The molecule has 1 saturated heterocycles. The van der Waals surface area contributed by atoms with Crippen LogP contribution < -0.4 is 20.3 Å². The van der Waals surface area contributed by atoms with Crippen LogP contribution >= 0.6 is 24.8 Å². The Morgan fingerprint density at radius 1 is 1.00 bits per heavy atom. The van der Waals surface area contributed by atoms with E-state index in [4.69, 9.17) is 25.2 Å². The van der Waals surface area contributed by atoms with Gasteiger partial charge in [-0.05, 0) is 25.0 Å². The highest BCUT2D eigenvalue weighted by Crippen LogP contribution is 2.36. The average Bonchev–Trinajstić information content (AvgIpc) is 2.71. The molecule has 9 heteroatoms. The van der Waals surface area contributed by atoms with Crippen molar-refractivity contribution in [3.05, 3.63) is 41.9 Å². The number of aromatic nitrogens is 2. The van der Waals surface area contributed by atoms with E-state index in [1.165, 1.54) is 5.69 Å². The Balaban J connectivity index is 0.00000160. The van der Waals surface area contributed by atoms with Gasteiger partial charge in [0, 0.05) is 68.8 Å². The molecule has 2 heterocycles. The van der Waals surface area contributed by atoms with Gasteiger partial charge in [-0.15, -0.1) is 24.8 Å². The largest absolute Gasteiger partial charge is 0.497 e. The van der Waals surface area contributed by atoms with Crippen LogP contribution in [-0.2, 0) is 11.3 Å². The third-order valence-corrected chi connectivity index (χ3v) is 5.67. The van der Waals surface area contributed by atoms with Gasteiger partial charge < -0.3 is 25.0 Å². The zero-order valence-electron chi connectivity index (χ0n) is 17.5. The molecule has 1 saturated carbocycles. The molecular formula is C21H31Cl2N5O2. The minimum atomic E-state index is 0. The zero-order chi connectivity index (χ0) is 19.5. The summed E-state index contributed by atoms with van der Waals surface area (Å²) in [6, 6.07) is 10.7. The second-order valence-electron chi connectivity index (χ2n) is 7.60. The van der Waals surface area contributed by atoms with E-state index in [1.807, 2.05) is 12.1 Å². The molecule has 30 heavy (non-hydrogen) atoms. The van der Waals surface area contributed by atoms with Gasteiger partial charge in [-0.3, -0.25) is 0 Å². The maximum atomic E-state index is 5.98. The fraction of sp³-hybridized carbons (Fsp3) is 0.524. The lowest BCUT2D eigenvalue weighted by atomic mass is 9.78. The Morgan fingerprint density at radius 3 is 2.33 bits per heavy atom. The highest BCUT2D eigenvalue weighted by Gasteiger charge is 2.30. The maximum absolute atomic E-state index is 5.98. The number of hydrogen-bond acceptors (Lipinski definition) is 7. The van der Waals surface area contributed by atoms with E-state index >= 15 is 0 Å². The van der Waals surface area contributed by atoms with Gasteiger partial charge in [0.2, 0.25) is 0 Å². The lowest BCUT2D eigenvalue weighted by Crippen LogP contribution is -2.47. The Labute approximate surface area is 190 Å². The van der Waals surface area contributed by atoms with Crippen molar-refractivity contribution >= 4 is 36.3 Å². The van der Waals surface area contributed by atoms with Gasteiger partial charge in [-0.25, -0.2) is 9.97 Å². The van der Waals surface area contributed by atoms with Gasteiger partial charge in [0.15, 0.2) is 5.82 Å². The monoisotopic (exact) mass is 455 g/mol. The number of nitrogens with two attached hydrogens (primary N) is 1. The van der Waals surface area contributed by atoms with Crippen LogP contribution in [0.1, 0.15) is 30.3 Å². The van der Waals surface area contributed by atoms with E-state index in [-0.39, 0.29) is 24.8 Å².